The summed E-state index contributed by atoms with van der Waals surface area (Å²) in [4.78, 5) is 13.8. The van der Waals surface area contributed by atoms with E-state index in [0.29, 0.717) is 37.3 Å². The molecule has 0 radical (unpaired) electrons. The van der Waals surface area contributed by atoms with Crippen molar-refractivity contribution in [2.45, 2.75) is 13.0 Å². The molecule has 0 unspecified atom stereocenters. The smallest absolute Gasteiger partial charge is 0.280 e. The zero-order valence-electron chi connectivity index (χ0n) is 11.1. The number of fused-ring (bicyclic) bond motifs is 1. The number of carbonyl (C=O) groups is 1. The van der Waals surface area contributed by atoms with Crippen molar-refractivity contribution < 1.29 is 13.6 Å². The van der Waals surface area contributed by atoms with Crippen LogP contribution in [0.2, 0.25) is 0 Å². The van der Waals surface area contributed by atoms with Crippen molar-refractivity contribution in [3.05, 3.63) is 41.2 Å². The Bertz CT molecular complexity index is 700. The minimum Gasteiger partial charge on any atom is -0.329 e. The molecular formula is C13H13F2N5O. The first-order valence-corrected chi connectivity index (χ1v) is 6.50. The second-order valence-electron chi connectivity index (χ2n) is 4.76. The van der Waals surface area contributed by atoms with Gasteiger partial charge in [-0.1, -0.05) is 5.21 Å². The van der Waals surface area contributed by atoms with Gasteiger partial charge in [0.05, 0.1) is 18.4 Å². The van der Waals surface area contributed by atoms with Crippen molar-refractivity contribution in [3.8, 4) is 0 Å². The van der Waals surface area contributed by atoms with Crippen molar-refractivity contribution in [2.75, 3.05) is 18.0 Å². The first-order chi connectivity index (χ1) is 10.1. The van der Waals surface area contributed by atoms with Gasteiger partial charge in [0, 0.05) is 19.2 Å². The van der Waals surface area contributed by atoms with Crippen LogP contribution in [0.25, 0.3) is 0 Å². The van der Waals surface area contributed by atoms with E-state index in [4.69, 9.17) is 5.73 Å². The lowest BCUT2D eigenvalue weighted by Crippen LogP contribution is -2.29. The molecule has 6 nitrogen and oxygen atoms in total. The fourth-order valence-corrected chi connectivity index (χ4v) is 2.37. The number of rotatable bonds is 3. The highest BCUT2D eigenvalue weighted by molar-refractivity contribution is 6.05. The molecule has 0 atom stereocenters. The lowest BCUT2D eigenvalue weighted by atomic mass is 10.1. The number of hydrogen-bond donors (Lipinski definition) is 1. The molecule has 1 aromatic carbocycles. The Morgan fingerprint density at radius 3 is 2.86 bits per heavy atom. The predicted octanol–water partition coefficient (Wildman–Crippen LogP) is 0.718. The third-order valence-electron chi connectivity index (χ3n) is 3.38. The summed E-state index contributed by atoms with van der Waals surface area (Å²) in [6.45, 7) is 1.20. The summed E-state index contributed by atoms with van der Waals surface area (Å²) in [6, 6.07) is 2.17. The lowest BCUT2D eigenvalue weighted by Gasteiger charge is -2.15. The maximum atomic E-state index is 13.4. The maximum absolute atomic E-state index is 13.4. The Morgan fingerprint density at radius 1 is 1.33 bits per heavy atom. The van der Waals surface area contributed by atoms with Crippen molar-refractivity contribution >= 4 is 11.6 Å². The Labute approximate surface area is 119 Å². The fraction of sp³-hybridized carbons (Fsp3) is 0.308. The zero-order chi connectivity index (χ0) is 15.0. The second-order valence-corrected chi connectivity index (χ2v) is 4.76. The minimum atomic E-state index is -0.972. The maximum Gasteiger partial charge on any atom is 0.280 e. The molecular weight excluding hydrogens is 280 g/mol. The van der Waals surface area contributed by atoms with Gasteiger partial charge in [-0.05, 0) is 18.1 Å². The molecule has 2 heterocycles. The summed E-state index contributed by atoms with van der Waals surface area (Å²) >= 11 is 0. The van der Waals surface area contributed by atoms with Gasteiger partial charge in [0.1, 0.15) is 0 Å². The van der Waals surface area contributed by atoms with Gasteiger partial charge in [-0.2, -0.15) is 0 Å². The first kappa shape index (κ1) is 13.6. The third kappa shape index (κ3) is 2.38. The van der Waals surface area contributed by atoms with E-state index < -0.39 is 11.6 Å². The van der Waals surface area contributed by atoms with E-state index in [-0.39, 0.29) is 11.6 Å². The number of benzene rings is 1. The first-order valence-electron chi connectivity index (χ1n) is 6.50. The van der Waals surface area contributed by atoms with Gasteiger partial charge >= 0.3 is 0 Å². The molecule has 0 fully saturated rings. The minimum absolute atomic E-state index is 0.154. The van der Waals surface area contributed by atoms with Gasteiger partial charge in [-0.3, -0.25) is 9.48 Å². The molecule has 2 aromatic rings. The number of aromatic nitrogens is 3. The standard InChI is InChI=1S/C13H13F2N5O/c14-9-5-8-1-3-20(12(8)6-10(9)15)13(21)11-7-19(4-2-16)18-17-11/h5-7H,1-4,16H2. The summed E-state index contributed by atoms with van der Waals surface area (Å²) in [7, 11) is 0. The van der Waals surface area contributed by atoms with E-state index in [1.165, 1.54) is 15.8 Å². The third-order valence-corrected chi connectivity index (χ3v) is 3.38. The van der Waals surface area contributed by atoms with Crippen LogP contribution in [0.15, 0.2) is 18.3 Å². The van der Waals surface area contributed by atoms with Crippen molar-refractivity contribution in [3.63, 3.8) is 0 Å². The van der Waals surface area contributed by atoms with Crippen LogP contribution in [0, 0.1) is 11.6 Å². The van der Waals surface area contributed by atoms with E-state index in [9.17, 15) is 13.6 Å². The van der Waals surface area contributed by atoms with Crippen LogP contribution in [0.1, 0.15) is 16.1 Å². The molecule has 1 aliphatic heterocycles. The molecule has 2 N–H and O–H groups in total. The highest BCUT2D eigenvalue weighted by Gasteiger charge is 2.28. The van der Waals surface area contributed by atoms with Crippen molar-refractivity contribution in [2.24, 2.45) is 5.73 Å². The molecule has 21 heavy (non-hydrogen) atoms. The Hall–Kier alpha value is -2.35. The Kier molecular flexibility index (Phi) is 3.38. The summed E-state index contributed by atoms with van der Waals surface area (Å²) in [5.41, 5.74) is 6.54. The highest BCUT2D eigenvalue weighted by Crippen LogP contribution is 2.31. The average Bonchev–Trinajstić information content (AvgIpc) is 3.06. The summed E-state index contributed by atoms with van der Waals surface area (Å²) in [6.07, 6.45) is 1.97. The van der Waals surface area contributed by atoms with Crippen LogP contribution in [-0.2, 0) is 13.0 Å². The van der Waals surface area contributed by atoms with E-state index >= 15 is 0 Å². The summed E-state index contributed by atoms with van der Waals surface area (Å²) in [5, 5.41) is 7.58. The predicted molar refractivity (Wildman–Crippen MR) is 70.8 cm³/mol. The lowest BCUT2D eigenvalue weighted by molar-refractivity contribution is 0.0984. The molecule has 0 saturated heterocycles. The topological polar surface area (TPSA) is 77.0 Å². The number of nitrogens with two attached hydrogens (primary N) is 1. The molecule has 0 spiro atoms. The quantitative estimate of drug-likeness (QED) is 0.904. The zero-order valence-corrected chi connectivity index (χ0v) is 11.1. The monoisotopic (exact) mass is 293 g/mol. The second kappa shape index (κ2) is 5.21. The van der Waals surface area contributed by atoms with Crippen LogP contribution in [0.3, 0.4) is 0 Å². The van der Waals surface area contributed by atoms with Crippen LogP contribution in [0.5, 0.6) is 0 Å². The summed E-state index contributed by atoms with van der Waals surface area (Å²) in [5.74, 6) is -2.26. The molecule has 3 rings (SSSR count). The fourth-order valence-electron chi connectivity index (χ4n) is 2.37. The number of hydrogen-bond acceptors (Lipinski definition) is 4. The molecule has 0 aliphatic carbocycles. The van der Waals surface area contributed by atoms with Crippen molar-refractivity contribution in [1.82, 2.24) is 15.0 Å². The van der Waals surface area contributed by atoms with Gasteiger partial charge in [0.2, 0.25) is 0 Å². The SMILES string of the molecule is NCCn1cc(C(=O)N2CCc3cc(F)c(F)cc32)nn1. The van der Waals surface area contributed by atoms with Gasteiger partial charge < -0.3 is 10.6 Å². The van der Waals surface area contributed by atoms with Gasteiger partial charge in [0.25, 0.3) is 5.91 Å². The molecule has 0 saturated carbocycles. The van der Waals surface area contributed by atoms with E-state index in [1.807, 2.05) is 0 Å². The van der Waals surface area contributed by atoms with Crippen LogP contribution in [0.4, 0.5) is 14.5 Å². The number of nitrogens with zero attached hydrogens (tertiary/aromatic N) is 4. The van der Waals surface area contributed by atoms with E-state index in [0.717, 1.165) is 12.1 Å². The van der Waals surface area contributed by atoms with Crippen LogP contribution >= 0.6 is 0 Å². The largest absolute Gasteiger partial charge is 0.329 e. The van der Waals surface area contributed by atoms with Gasteiger partial charge in [-0.15, -0.1) is 5.10 Å². The molecule has 0 bridgehead atoms. The van der Waals surface area contributed by atoms with Crippen LogP contribution in [-0.4, -0.2) is 34.0 Å². The Morgan fingerprint density at radius 2 is 2.10 bits per heavy atom. The molecule has 1 aliphatic rings. The molecule has 1 aromatic heterocycles. The van der Waals surface area contributed by atoms with Crippen molar-refractivity contribution in [1.29, 1.82) is 0 Å². The number of anilines is 1. The highest BCUT2D eigenvalue weighted by atomic mass is 19.2. The normalized spacial score (nSPS) is 13.6. The van der Waals surface area contributed by atoms with E-state index in [1.54, 1.807) is 0 Å². The Balaban J connectivity index is 1.89. The molecule has 8 heteroatoms. The van der Waals surface area contributed by atoms with Gasteiger partial charge in [0.15, 0.2) is 17.3 Å². The number of halogens is 2. The van der Waals surface area contributed by atoms with Gasteiger partial charge in [-0.25, -0.2) is 8.78 Å². The number of carbonyl (C=O) groups excluding carboxylic acids is 1. The molecule has 110 valence electrons. The van der Waals surface area contributed by atoms with E-state index in [2.05, 4.69) is 10.3 Å². The average molecular weight is 293 g/mol. The summed E-state index contributed by atoms with van der Waals surface area (Å²) < 4.78 is 28.0. The number of amides is 1. The molecule has 1 amide bonds. The van der Waals surface area contributed by atoms with Crippen LogP contribution < -0.4 is 10.6 Å².